The number of carbonyl (C=O) groups is 1. The van der Waals surface area contributed by atoms with Gasteiger partial charge in [-0.15, -0.1) is 0 Å². The van der Waals surface area contributed by atoms with Crippen LogP contribution in [0.5, 0.6) is 0 Å². The van der Waals surface area contributed by atoms with Crippen LogP contribution < -0.4 is 5.32 Å². The van der Waals surface area contributed by atoms with Gasteiger partial charge in [0.05, 0.1) is 11.0 Å². The van der Waals surface area contributed by atoms with Gasteiger partial charge in [-0.25, -0.2) is 8.42 Å². The Bertz CT molecular complexity index is 755. The highest BCUT2D eigenvalue weighted by atomic mass is 32.2. The average Bonchev–Trinajstić information content (AvgIpc) is 2.44. The Morgan fingerprint density at radius 3 is 2.22 bits per heavy atom. The van der Waals surface area contributed by atoms with E-state index in [9.17, 15) is 18.5 Å². The van der Waals surface area contributed by atoms with Gasteiger partial charge in [0.15, 0.2) is 9.84 Å². The van der Waals surface area contributed by atoms with Crippen LogP contribution >= 0.6 is 0 Å². The number of nitriles is 1. The molecule has 1 unspecified atom stereocenters. The van der Waals surface area contributed by atoms with Gasteiger partial charge in [0, 0.05) is 11.8 Å². The molecule has 0 aromatic heterocycles. The molecular formula is C17H24N2O3S. The summed E-state index contributed by atoms with van der Waals surface area (Å²) in [6, 6.07) is 6.75. The van der Waals surface area contributed by atoms with E-state index in [-0.39, 0.29) is 10.5 Å². The zero-order valence-electron chi connectivity index (χ0n) is 14.5. The van der Waals surface area contributed by atoms with Gasteiger partial charge in [0.25, 0.3) is 5.91 Å². The van der Waals surface area contributed by atoms with E-state index in [2.05, 4.69) is 11.4 Å². The van der Waals surface area contributed by atoms with E-state index in [0.717, 1.165) is 6.26 Å². The smallest absolute Gasteiger partial charge is 0.252 e. The van der Waals surface area contributed by atoms with Crippen molar-refractivity contribution >= 4 is 15.7 Å². The molecule has 0 fully saturated rings. The summed E-state index contributed by atoms with van der Waals surface area (Å²) in [6.07, 6.45) is 1.68. The summed E-state index contributed by atoms with van der Waals surface area (Å²) in [5.74, 6) is -0.462. The minimum atomic E-state index is -3.42. The maximum absolute atomic E-state index is 12.5. The van der Waals surface area contributed by atoms with Crippen LogP contribution in [0.4, 0.5) is 0 Å². The van der Waals surface area contributed by atoms with Gasteiger partial charge >= 0.3 is 0 Å². The maximum Gasteiger partial charge on any atom is 0.252 e. The molecule has 0 aliphatic rings. The number of nitrogens with zero attached hydrogens (tertiary/aromatic N) is 1. The number of benzene rings is 1. The van der Waals surface area contributed by atoms with Crippen LogP contribution in [-0.2, 0) is 16.3 Å². The first-order chi connectivity index (χ1) is 10.4. The van der Waals surface area contributed by atoms with E-state index in [1.807, 2.05) is 27.7 Å². The summed E-state index contributed by atoms with van der Waals surface area (Å²) in [7, 11) is -3.42. The van der Waals surface area contributed by atoms with Crippen molar-refractivity contribution in [1.29, 1.82) is 5.26 Å². The molecule has 23 heavy (non-hydrogen) atoms. The molecule has 1 aromatic rings. The fourth-order valence-electron chi connectivity index (χ4n) is 2.02. The summed E-state index contributed by atoms with van der Waals surface area (Å²) in [5.41, 5.74) is -0.643. The second-order valence-corrected chi connectivity index (χ2v) is 8.87. The monoisotopic (exact) mass is 336 g/mol. The lowest BCUT2D eigenvalue weighted by Gasteiger charge is -2.36. The van der Waals surface area contributed by atoms with Gasteiger partial charge in [-0.05, 0) is 36.5 Å². The standard InChI is InChI=1S/C17H24N2O3S/c1-7-12-8-9-13(10-14(12)23(6,21)22)15(20)19-17(5,11-18)16(2,3)4/h8-10H,7H2,1-6H3,(H,19,20). The molecule has 0 saturated carbocycles. The molecule has 1 N–H and O–H groups in total. The summed E-state index contributed by atoms with van der Waals surface area (Å²) < 4.78 is 23.8. The molecule has 0 bridgehead atoms. The zero-order valence-corrected chi connectivity index (χ0v) is 15.3. The van der Waals surface area contributed by atoms with E-state index in [0.29, 0.717) is 12.0 Å². The fourth-order valence-corrected chi connectivity index (χ4v) is 3.05. The topological polar surface area (TPSA) is 87.0 Å². The lowest BCUT2D eigenvalue weighted by Crippen LogP contribution is -2.53. The van der Waals surface area contributed by atoms with Gasteiger partial charge in [0.1, 0.15) is 5.54 Å². The van der Waals surface area contributed by atoms with Crippen molar-refractivity contribution in [3.8, 4) is 6.07 Å². The Morgan fingerprint density at radius 1 is 1.26 bits per heavy atom. The molecule has 0 radical (unpaired) electrons. The molecule has 0 spiro atoms. The highest BCUT2D eigenvalue weighted by Gasteiger charge is 2.39. The number of aryl methyl sites for hydroxylation is 1. The van der Waals surface area contributed by atoms with Crippen LogP contribution in [-0.4, -0.2) is 26.1 Å². The normalized spacial score (nSPS) is 14.7. The van der Waals surface area contributed by atoms with Gasteiger partial charge in [-0.1, -0.05) is 33.8 Å². The molecule has 1 rings (SSSR count). The fraction of sp³-hybridized carbons (Fsp3) is 0.529. The average molecular weight is 336 g/mol. The van der Waals surface area contributed by atoms with Gasteiger partial charge in [-0.2, -0.15) is 5.26 Å². The molecule has 1 amide bonds. The number of nitrogens with one attached hydrogen (secondary N) is 1. The quantitative estimate of drug-likeness (QED) is 0.916. The highest BCUT2D eigenvalue weighted by Crippen LogP contribution is 2.30. The first-order valence-electron chi connectivity index (χ1n) is 7.42. The molecule has 0 heterocycles. The van der Waals surface area contributed by atoms with Crippen molar-refractivity contribution in [3.63, 3.8) is 0 Å². The Kier molecular flexibility index (Phi) is 5.27. The number of amides is 1. The number of sulfone groups is 1. The summed E-state index contributed by atoms with van der Waals surface area (Å²) in [5, 5.41) is 12.1. The molecular weight excluding hydrogens is 312 g/mol. The third kappa shape index (κ3) is 4.11. The predicted octanol–water partition coefficient (Wildman–Crippen LogP) is 2.71. The van der Waals surface area contributed by atoms with Crippen molar-refractivity contribution in [2.75, 3.05) is 6.26 Å². The van der Waals surface area contributed by atoms with Crippen LogP contribution in [0.15, 0.2) is 23.1 Å². The van der Waals surface area contributed by atoms with Crippen molar-refractivity contribution in [2.24, 2.45) is 5.41 Å². The second kappa shape index (κ2) is 6.32. The van der Waals surface area contributed by atoms with Crippen LogP contribution in [0, 0.1) is 16.7 Å². The molecule has 126 valence electrons. The van der Waals surface area contributed by atoms with Crippen LogP contribution in [0.2, 0.25) is 0 Å². The Balaban J connectivity index is 3.29. The van der Waals surface area contributed by atoms with Gasteiger partial charge < -0.3 is 5.32 Å². The van der Waals surface area contributed by atoms with Crippen molar-refractivity contribution < 1.29 is 13.2 Å². The molecule has 0 aliphatic heterocycles. The molecule has 6 heteroatoms. The van der Waals surface area contributed by atoms with E-state index in [1.54, 1.807) is 19.1 Å². The summed E-state index contributed by atoms with van der Waals surface area (Å²) in [6.45, 7) is 9.09. The molecule has 5 nitrogen and oxygen atoms in total. The highest BCUT2D eigenvalue weighted by molar-refractivity contribution is 7.90. The van der Waals surface area contributed by atoms with Crippen LogP contribution in [0.1, 0.15) is 50.5 Å². The first-order valence-corrected chi connectivity index (χ1v) is 9.31. The lowest BCUT2D eigenvalue weighted by atomic mass is 9.76. The maximum atomic E-state index is 12.5. The van der Waals surface area contributed by atoms with Crippen LogP contribution in [0.25, 0.3) is 0 Å². The number of hydrogen-bond donors (Lipinski definition) is 1. The van der Waals surface area contributed by atoms with Crippen molar-refractivity contribution in [1.82, 2.24) is 5.32 Å². The van der Waals surface area contributed by atoms with E-state index in [1.165, 1.54) is 6.07 Å². The van der Waals surface area contributed by atoms with Crippen molar-refractivity contribution in [3.05, 3.63) is 29.3 Å². The molecule has 0 saturated heterocycles. The minimum absolute atomic E-state index is 0.155. The lowest BCUT2D eigenvalue weighted by molar-refractivity contribution is 0.0867. The molecule has 0 aliphatic carbocycles. The van der Waals surface area contributed by atoms with Crippen LogP contribution in [0.3, 0.4) is 0 Å². The Morgan fingerprint density at radius 2 is 1.83 bits per heavy atom. The van der Waals surface area contributed by atoms with E-state index in [4.69, 9.17) is 0 Å². The van der Waals surface area contributed by atoms with Crippen molar-refractivity contribution in [2.45, 2.75) is 51.5 Å². The third-order valence-corrected chi connectivity index (χ3v) is 5.38. The SMILES string of the molecule is CCc1ccc(C(=O)NC(C)(C#N)C(C)(C)C)cc1S(C)(=O)=O. The van der Waals surface area contributed by atoms with Gasteiger partial charge in [0.2, 0.25) is 0 Å². The predicted molar refractivity (Wildman–Crippen MR) is 89.9 cm³/mol. The Labute approximate surface area is 138 Å². The molecule has 1 atom stereocenters. The third-order valence-electron chi connectivity index (χ3n) is 4.20. The van der Waals surface area contributed by atoms with Gasteiger partial charge in [-0.3, -0.25) is 4.79 Å². The number of carbonyl (C=O) groups excluding carboxylic acids is 1. The first kappa shape index (κ1) is 19.2. The number of hydrogen-bond acceptors (Lipinski definition) is 4. The summed E-state index contributed by atoms with van der Waals surface area (Å²) in [4.78, 5) is 12.6. The summed E-state index contributed by atoms with van der Waals surface area (Å²) >= 11 is 0. The Hall–Kier alpha value is -1.87. The minimum Gasteiger partial charge on any atom is -0.333 e. The second-order valence-electron chi connectivity index (χ2n) is 6.89. The largest absolute Gasteiger partial charge is 0.333 e. The van der Waals surface area contributed by atoms with E-state index < -0.39 is 26.7 Å². The van der Waals surface area contributed by atoms with E-state index >= 15 is 0 Å². The zero-order chi connectivity index (χ0) is 18.1. The number of rotatable bonds is 4. The molecule has 1 aromatic carbocycles.